The van der Waals surface area contributed by atoms with E-state index in [4.69, 9.17) is 0 Å². The van der Waals surface area contributed by atoms with Gasteiger partial charge in [0, 0.05) is 11.3 Å². The molecule has 2 amide bonds. The Morgan fingerprint density at radius 1 is 0.833 bits per heavy atom. The first-order valence-corrected chi connectivity index (χ1v) is 10.1. The zero-order valence-corrected chi connectivity index (χ0v) is 16.4. The van der Waals surface area contributed by atoms with Crippen LogP contribution in [-0.4, -0.2) is 11.8 Å². The zero-order chi connectivity index (χ0) is 20.6. The lowest BCUT2D eigenvalue weighted by Crippen LogP contribution is -2.51. The largest absolute Gasteiger partial charge is 0.274 e. The Morgan fingerprint density at radius 3 is 2.03 bits per heavy atom. The molecule has 1 heterocycles. The van der Waals surface area contributed by atoms with Crippen LogP contribution in [0.25, 0.3) is 0 Å². The van der Waals surface area contributed by atoms with Gasteiger partial charge in [-0.1, -0.05) is 67.6 Å². The van der Waals surface area contributed by atoms with Crippen molar-refractivity contribution in [3.8, 4) is 6.07 Å². The minimum Gasteiger partial charge on any atom is -0.274 e. The minimum absolute atomic E-state index is 0.153. The number of hydrogen-bond acceptors (Lipinski definition) is 3. The summed E-state index contributed by atoms with van der Waals surface area (Å²) < 4.78 is 0. The molecule has 4 heteroatoms. The SMILES string of the molecule is CC12c3ccccc3C(c3ccccc31)[C@@H]1C(=O)N(c3ccccc3C#N)C(=O)[C@@H]12. The van der Waals surface area contributed by atoms with Crippen LogP contribution in [0.4, 0.5) is 5.69 Å². The van der Waals surface area contributed by atoms with Crippen LogP contribution in [0.15, 0.2) is 72.8 Å². The van der Waals surface area contributed by atoms with E-state index >= 15 is 0 Å². The van der Waals surface area contributed by atoms with Gasteiger partial charge in [0.05, 0.1) is 23.1 Å². The van der Waals surface area contributed by atoms with Gasteiger partial charge in [0.2, 0.25) is 11.8 Å². The molecule has 7 rings (SSSR count). The maximum Gasteiger partial charge on any atom is 0.238 e. The Labute approximate surface area is 174 Å². The monoisotopic (exact) mass is 390 g/mol. The van der Waals surface area contributed by atoms with Gasteiger partial charge in [-0.15, -0.1) is 0 Å². The van der Waals surface area contributed by atoms with Crippen molar-refractivity contribution in [3.05, 3.63) is 101 Å². The Balaban J connectivity index is 1.63. The van der Waals surface area contributed by atoms with Crippen molar-refractivity contribution in [2.75, 3.05) is 4.90 Å². The molecule has 4 aliphatic rings. The molecule has 4 nitrogen and oxygen atoms in total. The molecule has 0 spiro atoms. The Bertz CT molecular complexity index is 1250. The molecule has 3 aromatic carbocycles. The summed E-state index contributed by atoms with van der Waals surface area (Å²) in [6, 6.07) is 25.4. The lowest BCUT2D eigenvalue weighted by Gasteiger charge is -2.52. The van der Waals surface area contributed by atoms with Gasteiger partial charge in [0.1, 0.15) is 6.07 Å². The molecule has 1 saturated heterocycles. The number of para-hydroxylation sites is 1. The third-order valence-electron chi connectivity index (χ3n) is 7.31. The molecule has 0 aromatic heterocycles. The van der Waals surface area contributed by atoms with Crippen LogP contribution in [0.3, 0.4) is 0 Å². The van der Waals surface area contributed by atoms with Crippen molar-refractivity contribution in [3.63, 3.8) is 0 Å². The van der Waals surface area contributed by atoms with E-state index in [-0.39, 0.29) is 17.7 Å². The van der Waals surface area contributed by atoms with Crippen LogP contribution in [0.1, 0.15) is 40.7 Å². The van der Waals surface area contributed by atoms with Crippen molar-refractivity contribution in [2.45, 2.75) is 18.3 Å². The lowest BCUT2D eigenvalue weighted by molar-refractivity contribution is -0.123. The van der Waals surface area contributed by atoms with Crippen LogP contribution in [0.2, 0.25) is 0 Å². The average Bonchev–Trinajstić information content (AvgIpc) is 3.05. The molecular weight excluding hydrogens is 372 g/mol. The molecule has 0 N–H and O–H groups in total. The highest BCUT2D eigenvalue weighted by atomic mass is 16.2. The van der Waals surface area contributed by atoms with E-state index in [1.807, 2.05) is 24.3 Å². The molecule has 2 atom stereocenters. The summed E-state index contributed by atoms with van der Waals surface area (Å²) in [5, 5.41) is 9.56. The molecule has 1 fully saturated rings. The van der Waals surface area contributed by atoms with E-state index in [2.05, 4.69) is 37.3 Å². The highest BCUT2D eigenvalue weighted by molar-refractivity contribution is 6.24. The molecule has 3 aromatic rings. The van der Waals surface area contributed by atoms with Gasteiger partial charge in [0.25, 0.3) is 0 Å². The number of imide groups is 1. The lowest BCUT2D eigenvalue weighted by atomic mass is 9.48. The zero-order valence-electron chi connectivity index (χ0n) is 16.4. The molecular formula is C26H18N2O2. The minimum atomic E-state index is -0.588. The van der Waals surface area contributed by atoms with Crippen molar-refractivity contribution in [1.29, 1.82) is 5.26 Å². The summed E-state index contributed by atoms with van der Waals surface area (Å²) in [6.45, 7) is 2.10. The second-order valence-electron chi connectivity index (χ2n) is 8.50. The topological polar surface area (TPSA) is 61.2 Å². The maximum atomic E-state index is 13.8. The predicted molar refractivity (Wildman–Crippen MR) is 112 cm³/mol. The molecule has 2 bridgehead atoms. The Kier molecular flexibility index (Phi) is 3.25. The smallest absolute Gasteiger partial charge is 0.238 e. The summed E-state index contributed by atoms with van der Waals surface area (Å²) in [5.41, 5.74) is 4.67. The van der Waals surface area contributed by atoms with E-state index in [1.54, 1.807) is 24.3 Å². The fourth-order valence-corrected chi connectivity index (χ4v) is 6.15. The highest BCUT2D eigenvalue weighted by Gasteiger charge is 2.66. The van der Waals surface area contributed by atoms with Gasteiger partial charge in [-0.3, -0.25) is 9.59 Å². The first-order chi connectivity index (χ1) is 14.6. The molecule has 0 unspecified atom stereocenters. The van der Waals surface area contributed by atoms with Gasteiger partial charge in [-0.2, -0.15) is 5.26 Å². The number of nitrogens with zero attached hydrogens (tertiary/aromatic N) is 2. The molecule has 3 aliphatic carbocycles. The normalized spacial score (nSPS) is 28.0. The third kappa shape index (κ3) is 1.81. The summed E-state index contributed by atoms with van der Waals surface area (Å²) in [5.74, 6) is -1.50. The first-order valence-electron chi connectivity index (χ1n) is 10.1. The number of anilines is 1. The van der Waals surface area contributed by atoms with Crippen molar-refractivity contribution >= 4 is 17.5 Å². The number of carbonyl (C=O) groups excluding carboxylic acids is 2. The maximum absolute atomic E-state index is 13.8. The van der Waals surface area contributed by atoms with E-state index in [1.165, 1.54) is 4.90 Å². The first kappa shape index (κ1) is 17.2. The van der Waals surface area contributed by atoms with Gasteiger partial charge in [-0.25, -0.2) is 4.90 Å². The summed E-state index contributed by atoms with van der Waals surface area (Å²) in [4.78, 5) is 28.9. The standard InChI is InChI=1S/C26H18N2O2/c1-26-18-11-5-3-9-16(18)21(17-10-4-6-12-19(17)26)22-23(26)25(30)28(24(22)29)20-13-7-2-8-15(20)14-27/h2-13,21-23H,1H3/t21?,22-,23+,26?/m0/s1. The molecule has 0 saturated carbocycles. The van der Waals surface area contributed by atoms with Gasteiger partial charge >= 0.3 is 0 Å². The quantitative estimate of drug-likeness (QED) is 0.587. The number of benzene rings is 3. The van der Waals surface area contributed by atoms with E-state index in [0.29, 0.717) is 11.3 Å². The van der Waals surface area contributed by atoms with Crippen molar-refractivity contribution < 1.29 is 9.59 Å². The third-order valence-corrected chi connectivity index (χ3v) is 7.31. The molecule has 30 heavy (non-hydrogen) atoms. The second kappa shape index (κ2) is 5.67. The van der Waals surface area contributed by atoms with Crippen LogP contribution in [0.5, 0.6) is 0 Å². The van der Waals surface area contributed by atoms with E-state index in [0.717, 1.165) is 22.3 Å². The number of amides is 2. The number of nitriles is 1. The van der Waals surface area contributed by atoms with E-state index < -0.39 is 17.3 Å². The molecule has 1 aliphatic heterocycles. The highest BCUT2D eigenvalue weighted by Crippen LogP contribution is 2.64. The van der Waals surface area contributed by atoms with Crippen LogP contribution in [-0.2, 0) is 15.0 Å². The number of hydrogen-bond donors (Lipinski definition) is 0. The van der Waals surface area contributed by atoms with Crippen LogP contribution >= 0.6 is 0 Å². The Hall–Kier alpha value is -3.71. The second-order valence-corrected chi connectivity index (χ2v) is 8.50. The summed E-state index contributed by atoms with van der Waals surface area (Å²) >= 11 is 0. The van der Waals surface area contributed by atoms with Crippen LogP contribution in [0, 0.1) is 23.2 Å². The number of rotatable bonds is 1. The number of carbonyl (C=O) groups is 2. The summed E-state index contributed by atoms with van der Waals surface area (Å²) in [7, 11) is 0. The van der Waals surface area contributed by atoms with Crippen LogP contribution < -0.4 is 4.90 Å². The Morgan fingerprint density at radius 2 is 1.40 bits per heavy atom. The van der Waals surface area contributed by atoms with Crippen molar-refractivity contribution in [2.24, 2.45) is 11.8 Å². The van der Waals surface area contributed by atoms with E-state index in [9.17, 15) is 14.9 Å². The van der Waals surface area contributed by atoms with Crippen molar-refractivity contribution in [1.82, 2.24) is 0 Å². The van der Waals surface area contributed by atoms with Gasteiger partial charge < -0.3 is 0 Å². The fourth-order valence-electron chi connectivity index (χ4n) is 6.15. The summed E-state index contributed by atoms with van der Waals surface area (Å²) in [6.07, 6.45) is 0. The average molecular weight is 390 g/mol. The fraction of sp³-hybridized carbons (Fsp3) is 0.192. The molecule has 144 valence electrons. The van der Waals surface area contributed by atoms with Gasteiger partial charge in [-0.05, 0) is 34.4 Å². The molecule has 0 radical (unpaired) electrons. The van der Waals surface area contributed by atoms with Gasteiger partial charge in [0.15, 0.2) is 0 Å². The predicted octanol–water partition coefficient (Wildman–Crippen LogP) is 4.13.